The molecular formula is C18H26N2O3S2. The highest BCUT2D eigenvalue weighted by molar-refractivity contribution is 7.91. The summed E-state index contributed by atoms with van der Waals surface area (Å²) in [6.45, 7) is 2.54. The Bertz CT molecular complexity index is 718. The Kier molecular flexibility index (Phi) is 4.67. The largest absolute Gasteiger partial charge is 0.342 e. The second kappa shape index (κ2) is 6.67. The van der Waals surface area contributed by atoms with Crippen LogP contribution in [0.4, 0.5) is 0 Å². The zero-order valence-electron chi connectivity index (χ0n) is 14.5. The summed E-state index contributed by atoms with van der Waals surface area (Å²) in [5.74, 6) is 0.0314. The number of carbonyl (C=O) groups is 1. The van der Waals surface area contributed by atoms with E-state index in [1.165, 1.54) is 17.8 Å². The summed E-state index contributed by atoms with van der Waals surface area (Å²) < 4.78 is 28.0. The summed E-state index contributed by atoms with van der Waals surface area (Å²) in [5, 5.41) is 1.80. The number of nitrogens with zero attached hydrogens (tertiary/aromatic N) is 2. The lowest BCUT2D eigenvalue weighted by Crippen LogP contribution is -2.43. The van der Waals surface area contributed by atoms with Gasteiger partial charge >= 0.3 is 0 Å². The van der Waals surface area contributed by atoms with Crippen LogP contribution >= 0.6 is 11.3 Å². The molecule has 0 aromatic carbocycles. The molecule has 25 heavy (non-hydrogen) atoms. The molecule has 3 heterocycles. The van der Waals surface area contributed by atoms with Gasteiger partial charge in [-0.25, -0.2) is 8.42 Å². The maximum Gasteiger partial charge on any atom is 0.252 e. The van der Waals surface area contributed by atoms with Gasteiger partial charge in [-0.2, -0.15) is 4.31 Å². The molecule has 2 aliphatic heterocycles. The fourth-order valence-corrected chi connectivity index (χ4v) is 7.60. The van der Waals surface area contributed by atoms with Crippen LogP contribution in [0.2, 0.25) is 0 Å². The molecule has 1 unspecified atom stereocenters. The Balaban J connectivity index is 1.63. The number of sulfonamides is 1. The van der Waals surface area contributed by atoms with Gasteiger partial charge in [0.25, 0.3) is 10.0 Å². The molecular weight excluding hydrogens is 356 g/mol. The number of thiophene rings is 1. The van der Waals surface area contributed by atoms with Crippen LogP contribution < -0.4 is 0 Å². The molecule has 0 radical (unpaired) electrons. The van der Waals surface area contributed by atoms with Crippen molar-refractivity contribution in [3.8, 4) is 0 Å². The summed E-state index contributed by atoms with van der Waals surface area (Å²) in [6.07, 6.45) is 7.52. The van der Waals surface area contributed by atoms with Crippen molar-refractivity contribution in [1.82, 2.24) is 9.21 Å². The van der Waals surface area contributed by atoms with E-state index in [0.29, 0.717) is 17.3 Å². The summed E-state index contributed by atoms with van der Waals surface area (Å²) >= 11 is 1.26. The molecule has 2 saturated heterocycles. The molecule has 3 fully saturated rings. The number of amides is 1. The molecule has 1 amide bonds. The molecule has 3 aliphatic rings. The molecule has 1 aromatic heterocycles. The summed E-state index contributed by atoms with van der Waals surface area (Å²) in [5.41, 5.74) is -0.151. The van der Waals surface area contributed by atoms with Crippen LogP contribution in [0.25, 0.3) is 0 Å². The van der Waals surface area contributed by atoms with E-state index in [4.69, 9.17) is 0 Å². The van der Waals surface area contributed by atoms with Crippen molar-refractivity contribution in [2.45, 2.75) is 49.2 Å². The van der Waals surface area contributed by atoms with Crippen molar-refractivity contribution < 1.29 is 13.2 Å². The van der Waals surface area contributed by atoms with E-state index >= 15 is 0 Å². The number of carbonyl (C=O) groups excluding carboxylic acids is 1. The standard InChI is InChI=1S/C18H26N2O3S2/c21-17(19-10-4-5-11-19)15-13-20(14-18(15)8-2-1-3-9-18)25(22,23)16-7-6-12-24-16/h6-7,12,15H,1-5,8-11,13-14H2. The first kappa shape index (κ1) is 17.5. The highest BCUT2D eigenvalue weighted by Gasteiger charge is 2.54. The van der Waals surface area contributed by atoms with E-state index in [-0.39, 0.29) is 17.2 Å². The van der Waals surface area contributed by atoms with Gasteiger partial charge in [0, 0.05) is 26.2 Å². The van der Waals surface area contributed by atoms with E-state index in [1.807, 2.05) is 4.90 Å². The molecule has 138 valence electrons. The third-order valence-corrected chi connectivity index (χ3v) is 9.46. The van der Waals surface area contributed by atoms with Crippen molar-refractivity contribution in [3.05, 3.63) is 17.5 Å². The first-order valence-corrected chi connectivity index (χ1v) is 11.7. The highest BCUT2D eigenvalue weighted by Crippen LogP contribution is 2.49. The Morgan fingerprint density at radius 2 is 1.84 bits per heavy atom. The predicted molar refractivity (Wildman–Crippen MR) is 97.9 cm³/mol. The van der Waals surface area contributed by atoms with Gasteiger partial charge in [-0.05, 0) is 42.5 Å². The quantitative estimate of drug-likeness (QED) is 0.808. The average molecular weight is 383 g/mol. The van der Waals surface area contributed by atoms with Crippen LogP contribution in [0.5, 0.6) is 0 Å². The second-order valence-corrected chi connectivity index (χ2v) is 10.9. The number of hydrogen-bond donors (Lipinski definition) is 0. The monoisotopic (exact) mass is 382 g/mol. The average Bonchev–Trinajstić information content (AvgIpc) is 3.36. The lowest BCUT2D eigenvalue weighted by Gasteiger charge is -2.38. The van der Waals surface area contributed by atoms with Crippen LogP contribution in [0.15, 0.2) is 21.7 Å². The van der Waals surface area contributed by atoms with Crippen LogP contribution in [-0.2, 0) is 14.8 Å². The Labute approximate surface area is 154 Å². The van der Waals surface area contributed by atoms with Gasteiger partial charge in [-0.1, -0.05) is 25.3 Å². The van der Waals surface area contributed by atoms with Crippen molar-refractivity contribution in [2.75, 3.05) is 26.2 Å². The number of rotatable bonds is 3. The second-order valence-electron chi connectivity index (χ2n) is 7.74. The van der Waals surface area contributed by atoms with Crippen LogP contribution in [0, 0.1) is 11.3 Å². The van der Waals surface area contributed by atoms with E-state index in [0.717, 1.165) is 51.6 Å². The molecule has 4 rings (SSSR count). The van der Waals surface area contributed by atoms with E-state index in [2.05, 4.69) is 0 Å². The number of likely N-dealkylation sites (tertiary alicyclic amines) is 1. The first-order valence-electron chi connectivity index (χ1n) is 9.35. The fourth-order valence-electron chi connectivity index (χ4n) is 4.90. The van der Waals surface area contributed by atoms with Crippen molar-refractivity contribution >= 4 is 27.3 Å². The van der Waals surface area contributed by atoms with Crippen molar-refractivity contribution in [3.63, 3.8) is 0 Å². The van der Waals surface area contributed by atoms with E-state index in [1.54, 1.807) is 21.8 Å². The van der Waals surface area contributed by atoms with Gasteiger partial charge in [0.1, 0.15) is 4.21 Å². The van der Waals surface area contributed by atoms with Crippen LogP contribution in [0.3, 0.4) is 0 Å². The minimum absolute atomic E-state index is 0.151. The SMILES string of the molecule is O=C(C1CN(S(=O)(=O)c2cccs2)CC12CCCCC2)N1CCCC1. The van der Waals surface area contributed by atoms with Crippen LogP contribution in [-0.4, -0.2) is 49.7 Å². The first-order chi connectivity index (χ1) is 12.0. The molecule has 1 saturated carbocycles. The van der Waals surface area contributed by atoms with E-state index < -0.39 is 10.0 Å². The van der Waals surface area contributed by atoms with Gasteiger partial charge in [0.15, 0.2) is 0 Å². The van der Waals surface area contributed by atoms with Crippen molar-refractivity contribution in [2.24, 2.45) is 11.3 Å². The normalized spacial score (nSPS) is 27.2. The molecule has 1 atom stereocenters. The third kappa shape index (κ3) is 3.04. The van der Waals surface area contributed by atoms with Crippen molar-refractivity contribution in [1.29, 1.82) is 0 Å². The van der Waals surface area contributed by atoms with Gasteiger partial charge in [0.2, 0.25) is 5.91 Å². The molecule has 5 nitrogen and oxygen atoms in total. The molecule has 0 bridgehead atoms. The van der Waals surface area contributed by atoms with E-state index in [9.17, 15) is 13.2 Å². The number of hydrogen-bond acceptors (Lipinski definition) is 4. The predicted octanol–water partition coefficient (Wildman–Crippen LogP) is 2.94. The van der Waals surface area contributed by atoms with Gasteiger partial charge in [-0.15, -0.1) is 11.3 Å². The summed E-state index contributed by atoms with van der Waals surface area (Å²) in [6, 6.07) is 3.44. The lowest BCUT2D eigenvalue weighted by atomic mass is 9.67. The van der Waals surface area contributed by atoms with Crippen LogP contribution in [0.1, 0.15) is 44.9 Å². The topological polar surface area (TPSA) is 57.7 Å². The molecule has 1 aliphatic carbocycles. The zero-order chi connectivity index (χ0) is 17.5. The molecule has 1 aromatic rings. The van der Waals surface area contributed by atoms with Gasteiger partial charge < -0.3 is 4.90 Å². The van der Waals surface area contributed by atoms with Gasteiger partial charge in [0.05, 0.1) is 5.92 Å². The smallest absolute Gasteiger partial charge is 0.252 e. The maximum absolute atomic E-state index is 13.2. The Morgan fingerprint density at radius 3 is 2.48 bits per heavy atom. The lowest BCUT2D eigenvalue weighted by molar-refractivity contribution is -0.138. The highest BCUT2D eigenvalue weighted by atomic mass is 32.2. The third-order valence-electron chi connectivity index (χ3n) is 6.27. The molecule has 1 spiro atoms. The molecule has 0 N–H and O–H groups in total. The minimum atomic E-state index is -3.48. The maximum atomic E-state index is 13.2. The zero-order valence-corrected chi connectivity index (χ0v) is 16.2. The van der Waals surface area contributed by atoms with Gasteiger partial charge in [-0.3, -0.25) is 4.79 Å². The minimum Gasteiger partial charge on any atom is -0.342 e. The summed E-state index contributed by atoms with van der Waals surface area (Å²) in [7, 11) is -3.48. The molecule has 7 heteroatoms. The fraction of sp³-hybridized carbons (Fsp3) is 0.722. The summed E-state index contributed by atoms with van der Waals surface area (Å²) in [4.78, 5) is 15.2. The Hall–Kier alpha value is -0.920. The Morgan fingerprint density at radius 1 is 1.12 bits per heavy atom.